The summed E-state index contributed by atoms with van der Waals surface area (Å²) in [4.78, 5) is 4.24. The van der Waals surface area contributed by atoms with E-state index in [1.807, 2.05) is 34.9 Å². The van der Waals surface area contributed by atoms with Crippen LogP contribution < -0.4 is 0 Å². The Balaban J connectivity index is 1.98. The maximum Gasteiger partial charge on any atom is 0.198 e. The molecule has 5 nitrogen and oxygen atoms in total. The first kappa shape index (κ1) is 17.7. The lowest BCUT2D eigenvalue weighted by atomic mass is 10.2. The van der Waals surface area contributed by atoms with Crippen molar-refractivity contribution < 1.29 is 0 Å². The molecule has 0 radical (unpaired) electrons. The average molecular weight is 433 g/mol. The van der Waals surface area contributed by atoms with Crippen LogP contribution >= 0.6 is 39.3 Å². The van der Waals surface area contributed by atoms with E-state index in [9.17, 15) is 0 Å². The van der Waals surface area contributed by atoms with Crippen molar-refractivity contribution in [3.05, 3.63) is 64.2 Å². The lowest BCUT2D eigenvalue weighted by molar-refractivity contribution is 0.730. The minimum Gasteiger partial charge on any atom is -0.298 e. The van der Waals surface area contributed by atoms with Crippen molar-refractivity contribution in [2.75, 3.05) is 0 Å². The van der Waals surface area contributed by atoms with Crippen LogP contribution in [0, 0.1) is 11.3 Å². The monoisotopic (exact) mass is 431 g/mol. The normalized spacial score (nSPS) is 10.4. The minimum absolute atomic E-state index is 0.189. The highest BCUT2D eigenvalue weighted by atomic mass is 79.9. The van der Waals surface area contributed by atoms with Crippen LogP contribution in [-0.2, 0) is 6.54 Å². The van der Waals surface area contributed by atoms with Crippen molar-refractivity contribution in [1.29, 1.82) is 5.26 Å². The number of pyridine rings is 1. The van der Waals surface area contributed by atoms with E-state index in [4.69, 9.17) is 16.9 Å². The Bertz CT molecular complexity index is 962. The van der Waals surface area contributed by atoms with E-state index in [1.165, 1.54) is 11.8 Å². The first-order valence-corrected chi connectivity index (χ1v) is 9.15. The molecule has 0 unspecified atom stereocenters. The number of nitrogens with zero attached hydrogens (tertiary/aromatic N) is 5. The molecule has 0 aliphatic carbocycles. The number of halogens is 2. The first-order chi connectivity index (χ1) is 12.1. The average Bonchev–Trinajstić information content (AvgIpc) is 3.00. The summed E-state index contributed by atoms with van der Waals surface area (Å²) in [5.74, 6) is 0.740. The molecule has 0 bridgehead atoms. The Hall–Kier alpha value is -2.14. The number of rotatable bonds is 5. The molecule has 3 rings (SSSR count). The van der Waals surface area contributed by atoms with Gasteiger partial charge in [0.25, 0.3) is 0 Å². The number of hydrogen-bond donors (Lipinski definition) is 0. The van der Waals surface area contributed by atoms with Gasteiger partial charge < -0.3 is 0 Å². The topological polar surface area (TPSA) is 67.4 Å². The molecule has 0 aliphatic rings. The zero-order chi connectivity index (χ0) is 17.8. The van der Waals surface area contributed by atoms with Crippen molar-refractivity contribution in [2.45, 2.75) is 16.7 Å². The summed E-state index contributed by atoms with van der Waals surface area (Å²) < 4.78 is 2.94. The van der Waals surface area contributed by atoms with Gasteiger partial charge >= 0.3 is 0 Å². The number of nitriles is 1. The highest BCUT2D eigenvalue weighted by molar-refractivity contribution is 9.10. The fraction of sp³-hybridized carbons (Fsp3) is 0.0588. The quantitative estimate of drug-likeness (QED) is 0.533. The highest BCUT2D eigenvalue weighted by Gasteiger charge is 2.15. The van der Waals surface area contributed by atoms with Crippen LogP contribution in [0.5, 0.6) is 0 Å². The van der Waals surface area contributed by atoms with Gasteiger partial charge in [0.15, 0.2) is 16.7 Å². The fourth-order valence-electron chi connectivity index (χ4n) is 2.12. The lowest BCUT2D eigenvalue weighted by Gasteiger charge is -2.08. The maximum atomic E-state index is 9.07. The third kappa shape index (κ3) is 3.93. The van der Waals surface area contributed by atoms with Crippen LogP contribution in [0.3, 0.4) is 0 Å². The Labute approximate surface area is 162 Å². The van der Waals surface area contributed by atoms with E-state index in [-0.39, 0.29) is 5.69 Å². The van der Waals surface area contributed by atoms with Gasteiger partial charge in [-0.05, 0) is 36.0 Å². The zero-order valence-corrected chi connectivity index (χ0v) is 16.0. The molecule has 0 spiro atoms. The number of benzene rings is 1. The maximum absolute atomic E-state index is 9.07. The molecule has 1 aromatic carbocycles. The Morgan fingerprint density at radius 2 is 2.00 bits per heavy atom. The predicted octanol–water partition coefficient (Wildman–Crippen LogP) is 4.96. The van der Waals surface area contributed by atoms with Gasteiger partial charge in [-0.25, -0.2) is 4.98 Å². The van der Waals surface area contributed by atoms with Crippen LogP contribution in [0.15, 0.2) is 63.7 Å². The summed E-state index contributed by atoms with van der Waals surface area (Å²) in [6.07, 6.45) is 1.78. The molecule has 25 heavy (non-hydrogen) atoms. The standard InChI is InChI=1S/C17H11BrClN5S/c1-2-9-24-16(11-3-5-12(18)6-4-11)22-23-17(24)25-15-8-7-13(19)14(10-20)21-15/h2-8H,1,9H2. The van der Waals surface area contributed by atoms with Gasteiger partial charge in [0, 0.05) is 16.6 Å². The number of allylic oxidation sites excluding steroid dienone is 1. The first-order valence-electron chi connectivity index (χ1n) is 7.17. The van der Waals surface area contributed by atoms with Crippen LogP contribution in [-0.4, -0.2) is 19.7 Å². The summed E-state index contributed by atoms with van der Waals surface area (Å²) in [7, 11) is 0. The van der Waals surface area contributed by atoms with Crippen LogP contribution in [0.25, 0.3) is 11.4 Å². The molecule has 0 fully saturated rings. The number of hydrogen-bond acceptors (Lipinski definition) is 5. The molecule has 8 heteroatoms. The molecule has 0 N–H and O–H groups in total. The summed E-state index contributed by atoms with van der Waals surface area (Å²) in [5.41, 5.74) is 1.14. The second-order valence-corrected chi connectivity index (χ2v) is 7.22. The zero-order valence-electron chi connectivity index (χ0n) is 12.9. The third-order valence-corrected chi connectivity index (χ3v) is 5.01. The summed E-state index contributed by atoms with van der Waals surface area (Å²) in [5, 5.41) is 19.3. The molecule has 2 aromatic heterocycles. The number of aromatic nitrogens is 4. The molecule has 0 atom stereocenters. The van der Waals surface area contributed by atoms with Crippen LogP contribution in [0.2, 0.25) is 5.02 Å². The van der Waals surface area contributed by atoms with Gasteiger partial charge in [0.2, 0.25) is 0 Å². The van der Waals surface area contributed by atoms with E-state index < -0.39 is 0 Å². The molecular formula is C17H11BrClN5S. The molecule has 0 amide bonds. The van der Waals surface area contributed by atoms with Gasteiger partial charge in [-0.1, -0.05) is 45.7 Å². The highest BCUT2D eigenvalue weighted by Crippen LogP contribution is 2.30. The van der Waals surface area contributed by atoms with Crippen molar-refractivity contribution >= 4 is 39.3 Å². The van der Waals surface area contributed by atoms with E-state index in [0.717, 1.165) is 15.9 Å². The van der Waals surface area contributed by atoms with E-state index in [0.29, 0.717) is 21.7 Å². The van der Waals surface area contributed by atoms with Crippen molar-refractivity contribution in [3.63, 3.8) is 0 Å². The molecule has 2 heterocycles. The summed E-state index contributed by atoms with van der Waals surface area (Å²) >= 11 is 10.7. The summed E-state index contributed by atoms with van der Waals surface area (Å²) in [6.45, 7) is 4.36. The molecule has 124 valence electrons. The van der Waals surface area contributed by atoms with E-state index in [1.54, 1.807) is 18.2 Å². The van der Waals surface area contributed by atoms with E-state index >= 15 is 0 Å². The third-order valence-electron chi connectivity index (χ3n) is 3.25. The van der Waals surface area contributed by atoms with Crippen LogP contribution in [0.4, 0.5) is 0 Å². The molecule has 3 aromatic rings. The lowest BCUT2D eigenvalue weighted by Crippen LogP contribution is -2.00. The Morgan fingerprint density at radius 3 is 2.68 bits per heavy atom. The fourth-order valence-corrected chi connectivity index (χ4v) is 3.35. The van der Waals surface area contributed by atoms with Gasteiger partial charge in [-0.15, -0.1) is 16.8 Å². The second-order valence-electron chi connectivity index (χ2n) is 4.91. The molecule has 0 saturated heterocycles. The van der Waals surface area contributed by atoms with E-state index in [2.05, 4.69) is 37.7 Å². The largest absolute Gasteiger partial charge is 0.298 e. The van der Waals surface area contributed by atoms with Crippen LogP contribution in [0.1, 0.15) is 5.69 Å². The second kappa shape index (κ2) is 7.83. The van der Waals surface area contributed by atoms with Gasteiger partial charge in [-0.3, -0.25) is 4.57 Å². The molecular weight excluding hydrogens is 422 g/mol. The Kier molecular flexibility index (Phi) is 5.53. The van der Waals surface area contributed by atoms with Gasteiger partial charge in [-0.2, -0.15) is 5.26 Å². The van der Waals surface area contributed by atoms with Crippen molar-refractivity contribution in [1.82, 2.24) is 19.7 Å². The van der Waals surface area contributed by atoms with Crippen molar-refractivity contribution in [3.8, 4) is 17.5 Å². The smallest absolute Gasteiger partial charge is 0.198 e. The van der Waals surface area contributed by atoms with Gasteiger partial charge in [0.1, 0.15) is 11.1 Å². The summed E-state index contributed by atoms with van der Waals surface area (Å²) in [6, 6.07) is 13.2. The predicted molar refractivity (Wildman–Crippen MR) is 101 cm³/mol. The van der Waals surface area contributed by atoms with Gasteiger partial charge in [0.05, 0.1) is 5.02 Å². The minimum atomic E-state index is 0.189. The SMILES string of the molecule is C=CCn1c(Sc2ccc(Cl)c(C#N)n2)nnc1-c1ccc(Br)cc1. The Morgan fingerprint density at radius 1 is 1.24 bits per heavy atom. The molecule has 0 saturated carbocycles. The molecule has 0 aliphatic heterocycles. The van der Waals surface area contributed by atoms with Crippen molar-refractivity contribution in [2.24, 2.45) is 0 Å².